The molecule has 0 bridgehead atoms. The van der Waals surface area contributed by atoms with Gasteiger partial charge in [0.25, 0.3) is 0 Å². The molecule has 2 amide bonds. The van der Waals surface area contributed by atoms with E-state index in [1.165, 1.54) is 6.07 Å². The van der Waals surface area contributed by atoms with Crippen molar-refractivity contribution in [1.29, 1.82) is 0 Å². The molecule has 1 saturated heterocycles. The average molecular weight is 357 g/mol. The highest BCUT2D eigenvalue weighted by molar-refractivity contribution is 5.89. The zero-order valence-electron chi connectivity index (χ0n) is 15.0. The number of hydrogen-bond donors (Lipinski definition) is 1. The molecule has 1 fully saturated rings. The van der Waals surface area contributed by atoms with Crippen molar-refractivity contribution in [3.05, 3.63) is 59.9 Å². The summed E-state index contributed by atoms with van der Waals surface area (Å²) in [6.07, 6.45) is 0. The number of piperazine rings is 1. The van der Waals surface area contributed by atoms with Gasteiger partial charge in [-0.1, -0.05) is 18.2 Å². The van der Waals surface area contributed by atoms with E-state index in [1.807, 2.05) is 37.3 Å². The highest BCUT2D eigenvalue weighted by Gasteiger charge is 2.21. The number of amides is 2. The van der Waals surface area contributed by atoms with E-state index in [9.17, 15) is 9.18 Å². The number of hydrogen-bond acceptors (Lipinski definition) is 3. The van der Waals surface area contributed by atoms with Gasteiger partial charge >= 0.3 is 6.03 Å². The zero-order chi connectivity index (χ0) is 18.4. The van der Waals surface area contributed by atoms with Gasteiger partial charge in [-0.05, 0) is 37.3 Å². The fraction of sp³-hybridized carbons (Fsp3) is 0.350. The quantitative estimate of drug-likeness (QED) is 0.890. The molecule has 1 heterocycles. The van der Waals surface area contributed by atoms with E-state index >= 15 is 0 Å². The Balaban J connectivity index is 1.48. The average Bonchev–Trinajstić information content (AvgIpc) is 2.66. The largest absolute Gasteiger partial charge is 0.494 e. The van der Waals surface area contributed by atoms with Crippen molar-refractivity contribution >= 4 is 11.7 Å². The zero-order valence-corrected chi connectivity index (χ0v) is 15.0. The third-order valence-electron chi connectivity index (χ3n) is 4.43. The normalized spacial score (nSPS) is 14.9. The van der Waals surface area contributed by atoms with Crippen molar-refractivity contribution in [3.8, 4) is 5.75 Å². The summed E-state index contributed by atoms with van der Waals surface area (Å²) in [5.74, 6) is 0.607. The molecule has 26 heavy (non-hydrogen) atoms. The maximum Gasteiger partial charge on any atom is 0.321 e. The maximum absolute atomic E-state index is 13.8. The lowest BCUT2D eigenvalue weighted by molar-refractivity contribution is 0.142. The van der Waals surface area contributed by atoms with Crippen molar-refractivity contribution in [2.24, 2.45) is 0 Å². The molecule has 0 saturated carbocycles. The van der Waals surface area contributed by atoms with Gasteiger partial charge in [0.05, 0.1) is 6.61 Å². The van der Waals surface area contributed by atoms with Gasteiger partial charge < -0.3 is 15.0 Å². The Morgan fingerprint density at radius 2 is 1.77 bits per heavy atom. The SMILES string of the molecule is CCOc1ccc(NC(=O)N2CCN(Cc3ccccc3F)CC2)cc1. The van der Waals surface area contributed by atoms with E-state index in [0.29, 0.717) is 31.8 Å². The highest BCUT2D eigenvalue weighted by atomic mass is 19.1. The summed E-state index contributed by atoms with van der Waals surface area (Å²) in [5.41, 5.74) is 1.44. The summed E-state index contributed by atoms with van der Waals surface area (Å²) in [5, 5.41) is 2.91. The predicted octanol–water partition coefficient (Wildman–Crippen LogP) is 3.57. The second-order valence-electron chi connectivity index (χ2n) is 6.24. The minimum absolute atomic E-state index is 0.111. The lowest BCUT2D eigenvalue weighted by Crippen LogP contribution is -2.49. The van der Waals surface area contributed by atoms with E-state index in [0.717, 1.165) is 24.5 Å². The lowest BCUT2D eigenvalue weighted by Gasteiger charge is -2.34. The Kier molecular flexibility index (Phi) is 6.07. The minimum Gasteiger partial charge on any atom is -0.494 e. The van der Waals surface area contributed by atoms with Crippen LogP contribution in [0.3, 0.4) is 0 Å². The topological polar surface area (TPSA) is 44.8 Å². The molecular weight excluding hydrogens is 333 g/mol. The molecule has 1 aliphatic rings. The van der Waals surface area contributed by atoms with Gasteiger partial charge in [-0.3, -0.25) is 4.90 Å². The van der Waals surface area contributed by atoms with Gasteiger partial charge in [0.2, 0.25) is 0 Å². The van der Waals surface area contributed by atoms with Gasteiger partial charge in [0.1, 0.15) is 11.6 Å². The number of carbonyl (C=O) groups is 1. The van der Waals surface area contributed by atoms with Gasteiger partial charge in [0, 0.05) is 44.0 Å². The summed E-state index contributed by atoms with van der Waals surface area (Å²) in [7, 11) is 0. The Labute approximate surface area is 153 Å². The summed E-state index contributed by atoms with van der Waals surface area (Å²) >= 11 is 0. The van der Waals surface area contributed by atoms with Crippen LogP contribution in [0.15, 0.2) is 48.5 Å². The van der Waals surface area contributed by atoms with Crippen LogP contribution < -0.4 is 10.1 Å². The first-order valence-electron chi connectivity index (χ1n) is 8.90. The minimum atomic E-state index is -0.178. The molecule has 0 unspecified atom stereocenters. The number of ether oxygens (including phenoxy) is 1. The smallest absolute Gasteiger partial charge is 0.321 e. The number of anilines is 1. The van der Waals surface area contributed by atoms with Gasteiger partial charge in [-0.15, -0.1) is 0 Å². The van der Waals surface area contributed by atoms with E-state index in [1.54, 1.807) is 17.0 Å². The Morgan fingerprint density at radius 3 is 2.42 bits per heavy atom. The van der Waals surface area contributed by atoms with E-state index in [-0.39, 0.29) is 11.8 Å². The van der Waals surface area contributed by atoms with Crippen LogP contribution in [-0.4, -0.2) is 48.6 Å². The first-order chi connectivity index (χ1) is 12.7. The van der Waals surface area contributed by atoms with Crippen LogP contribution in [0.1, 0.15) is 12.5 Å². The number of nitrogens with one attached hydrogen (secondary N) is 1. The molecule has 2 aromatic carbocycles. The van der Waals surface area contributed by atoms with E-state index < -0.39 is 0 Å². The van der Waals surface area contributed by atoms with Crippen molar-refractivity contribution < 1.29 is 13.9 Å². The fourth-order valence-corrected chi connectivity index (χ4v) is 2.98. The summed E-state index contributed by atoms with van der Waals surface area (Å²) in [6.45, 7) is 5.82. The van der Waals surface area contributed by atoms with Crippen LogP contribution >= 0.6 is 0 Å². The molecular formula is C20H24FN3O2. The maximum atomic E-state index is 13.8. The molecule has 0 atom stereocenters. The molecule has 0 spiro atoms. The third kappa shape index (κ3) is 4.73. The molecule has 0 radical (unpaired) electrons. The van der Waals surface area contributed by atoms with Crippen molar-refractivity contribution in [2.75, 3.05) is 38.1 Å². The number of carbonyl (C=O) groups excluding carboxylic acids is 1. The molecule has 0 aliphatic carbocycles. The lowest BCUT2D eigenvalue weighted by atomic mass is 10.2. The van der Waals surface area contributed by atoms with Crippen LogP contribution in [0.4, 0.5) is 14.9 Å². The molecule has 3 rings (SSSR count). The Bertz CT molecular complexity index is 728. The summed E-state index contributed by atoms with van der Waals surface area (Å²) in [6, 6.07) is 14.1. The number of halogens is 1. The van der Waals surface area contributed by atoms with Crippen LogP contribution in [-0.2, 0) is 6.54 Å². The molecule has 2 aromatic rings. The third-order valence-corrected chi connectivity index (χ3v) is 4.43. The second kappa shape index (κ2) is 8.67. The van der Waals surface area contributed by atoms with Crippen LogP contribution in [0.2, 0.25) is 0 Å². The second-order valence-corrected chi connectivity index (χ2v) is 6.24. The first-order valence-corrected chi connectivity index (χ1v) is 8.90. The highest BCUT2D eigenvalue weighted by Crippen LogP contribution is 2.17. The summed E-state index contributed by atoms with van der Waals surface area (Å²) in [4.78, 5) is 16.4. The van der Waals surface area contributed by atoms with Crippen LogP contribution in [0, 0.1) is 5.82 Å². The number of nitrogens with zero attached hydrogens (tertiary/aromatic N) is 2. The van der Waals surface area contributed by atoms with Crippen molar-refractivity contribution in [1.82, 2.24) is 9.80 Å². The number of benzene rings is 2. The Morgan fingerprint density at radius 1 is 1.08 bits per heavy atom. The Hall–Kier alpha value is -2.60. The number of rotatable bonds is 5. The monoisotopic (exact) mass is 357 g/mol. The van der Waals surface area contributed by atoms with Gasteiger partial charge in [-0.2, -0.15) is 0 Å². The standard InChI is InChI=1S/C20H24FN3O2/c1-2-26-18-9-7-17(8-10-18)22-20(25)24-13-11-23(12-14-24)15-16-5-3-4-6-19(16)21/h3-10H,2,11-15H2,1H3,(H,22,25). The first kappa shape index (κ1) is 18.2. The molecule has 1 aliphatic heterocycles. The van der Waals surface area contributed by atoms with E-state index in [2.05, 4.69) is 10.2 Å². The summed E-state index contributed by atoms with van der Waals surface area (Å²) < 4.78 is 19.2. The van der Waals surface area contributed by atoms with Gasteiger partial charge in [-0.25, -0.2) is 9.18 Å². The molecule has 6 heteroatoms. The molecule has 1 N–H and O–H groups in total. The van der Waals surface area contributed by atoms with Crippen LogP contribution in [0.5, 0.6) is 5.75 Å². The molecule has 138 valence electrons. The number of urea groups is 1. The molecule has 5 nitrogen and oxygen atoms in total. The van der Waals surface area contributed by atoms with Gasteiger partial charge in [0.15, 0.2) is 0 Å². The predicted molar refractivity (Wildman–Crippen MR) is 99.9 cm³/mol. The van der Waals surface area contributed by atoms with Crippen molar-refractivity contribution in [3.63, 3.8) is 0 Å². The fourth-order valence-electron chi connectivity index (χ4n) is 2.98. The van der Waals surface area contributed by atoms with Crippen molar-refractivity contribution in [2.45, 2.75) is 13.5 Å². The van der Waals surface area contributed by atoms with E-state index in [4.69, 9.17) is 4.74 Å². The van der Waals surface area contributed by atoms with Crippen LogP contribution in [0.25, 0.3) is 0 Å². The molecule has 0 aromatic heterocycles.